The molecule has 1 N–H and O–H groups in total. The van der Waals surface area contributed by atoms with Crippen molar-refractivity contribution in [3.63, 3.8) is 0 Å². The van der Waals surface area contributed by atoms with Gasteiger partial charge in [0.1, 0.15) is 5.41 Å². The molecule has 1 aliphatic rings. The van der Waals surface area contributed by atoms with Crippen LogP contribution in [-0.4, -0.2) is 34.5 Å². The molecule has 1 atom stereocenters. The molecule has 0 radical (unpaired) electrons. The zero-order chi connectivity index (χ0) is 12.3. The van der Waals surface area contributed by atoms with Crippen LogP contribution in [0.5, 0.6) is 0 Å². The molecule has 0 saturated carbocycles. The van der Waals surface area contributed by atoms with Crippen molar-refractivity contribution >= 4 is 11.9 Å². The number of amides is 1. The summed E-state index contributed by atoms with van der Waals surface area (Å²) in [5.41, 5.74) is -1.30. The van der Waals surface area contributed by atoms with Gasteiger partial charge < -0.3 is 10.0 Å². The summed E-state index contributed by atoms with van der Waals surface area (Å²) in [6.07, 6.45) is 4.02. The zero-order valence-electron chi connectivity index (χ0n) is 10.3. The van der Waals surface area contributed by atoms with Crippen molar-refractivity contribution in [3.05, 3.63) is 0 Å². The van der Waals surface area contributed by atoms with E-state index >= 15 is 0 Å². The predicted molar refractivity (Wildman–Crippen MR) is 61.1 cm³/mol. The van der Waals surface area contributed by atoms with Crippen molar-refractivity contribution < 1.29 is 14.7 Å². The van der Waals surface area contributed by atoms with Crippen LogP contribution in [0, 0.1) is 5.41 Å². The fourth-order valence-electron chi connectivity index (χ4n) is 2.14. The van der Waals surface area contributed by atoms with Crippen molar-refractivity contribution in [2.45, 2.75) is 52.5 Å². The average molecular weight is 227 g/mol. The van der Waals surface area contributed by atoms with Gasteiger partial charge in [0.15, 0.2) is 0 Å². The van der Waals surface area contributed by atoms with Gasteiger partial charge in [-0.25, -0.2) is 0 Å². The standard InChI is InChI=1S/C12H21NO3/c1-4-9-7-5-6-8-13(9)10(14)12(2,3)11(15)16/h9H,4-8H2,1-3H3,(H,15,16). The second-order valence-electron chi connectivity index (χ2n) is 4.99. The van der Waals surface area contributed by atoms with E-state index in [4.69, 9.17) is 5.11 Å². The molecule has 16 heavy (non-hydrogen) atoms. The first kappa shape index (κ1) is 13.0. The van der Waals surface area contributed by atoms with E-state index in [1.54, 1.807) is 4.90 Å². The second kappa shape index (κ2) is 4.85. The van der Waals surface area contributed by atoms with Crippen molar-refractivity contribution in [2.75, 3.05) is 6.54 Å². The average Bonchev–Trinajstić information content (AvgIpc) is 2.27. The van der Waals surface area contributed by atoms with Gasteiger partial charge in [-0.3, -0.25) is 9.59 Å². The minimum Gasteiger partial charge on any atom is -0.480 e. The molecule has 1 fully saturated rings. The number of hydrogen-bond acceptors (Lipinski definition) is 2. The maximum Gasteiger partial charge on any atom is 0.318 e. The van der Waals surface area contributed by atoms with Crippen molar-refractivity contribution in [1.29, 1.82) is 0 Å². The summed E-state index contributed by atoms with van der Waals surface area (Å²) in [6, 6.07) is 0.222. The van der Waals surface area contributed by atoms with Gasteiger partial charge in [-0.1, -0.05) is 6.92 Å². The van der Waals surface area contributed by atoms with E-state index in [-0.39, 0.29) is 11.9 Å². The van der Waals surface area contributed by atoms with Crippen LogP contribution < -0.4 is 0 Å². The van der Waals surface area contributed by atoms with E-state index in [0.29, 0.717) is 6.54 Å². The van der Waals surface area contributed by atoms with E-state index in [1.807, 2.05) is 6.92 Å². The molecule has 92 valence electrons. The number of carbonyl (C=O) groups excluding carboxylic acids is 1. The number of carboxylic acids is 1. The Balaban J connectivity index is 2.82. The Kier molecular flexibility index (Phi) is 3.94. The molecule has 0 aromatic carbocycles. The number of nitrogens with zero attached hydrogens (tertiary/aromatic N) is 1. The lowest BCUT2D eigenvalue weighted by molar-refractivity contribution is -0.160. The van der Waals surface area contributed by atoms with Crippen molar-refractivity contribution in [1.82, 2.24) is 4.90 Å². The molecule has 0 aromatic heterocycles. The minimum atomic E-state index is -1.30. The summed E-state index contributed by atoms with van der Waals surface area (Å²) >= 11 is 0. The molecule has 1 amide bonds. The SMILES string of the molecule is CCC1CCCCN1C(=O)C(C)(C)C(=O)O. The Morgan fingerprint density at radius 2 is 2.00 bits per heavy atom. The number of aliphatic carboxylic acids is 1. The molecular weight excluding hydrogens is 206 g/mol. The number of hydrogen-bond donors (Lipinski definition) is 1. The first-order chi connectivity index (χ1) is 7.41. The lowest BCUT2D eigenvalue weighted by atomic mass is 9.89. The molecule has 1 rings (SSSR count). The van der Waals surface area contributed by atoms with Gasteiger partial charge in [0.25, 0.3) is 0 Å². The fourth-order valence-corrected chi connectivity index (χ4v) is 2.14. The molecule has 1 saturated heterocycles. The predicted octanol–water partition coefficient (Wildman–Crippen LogP) is 1.89. The van der Waals surface area contributed by atoms with Gasteiger partial charge in [0, 0.05) is 12.6 Å². The quantitative estimate of drug-likeness (QED) is 0.749. The lowest BCUT2D eigenvalue weighted by Gasteiger charge is -2.38. The lowest BCUT2D eigenvalue weighted by Crippen LogP contribution is -2.51. The zero-order valence-corrected chi connectivity index (χ0v) is 10.3. The normalized spacial score (nSPS) is 21.9. The number of piperidine rings is 1. The van der Waals surface area contributed by atoms with E-state index in [1.165, 1.54) is 13.8 Å². The van der Waals surface area contributed by atoms with Crippen LogP contribution in [0.25, 0.3) is 0 Å². The molecule has 0 aliphatic carbocycles. The topological polar surface area (TPSA) is 57.6 Å². The molecule has 0 spiro atoms. The Hall–Kier alpha value is -1.06. The maximum absolute atomic E-state index is 12.2. The summed E-state index contributed by atoms with van der Waals surface area (Å²) in [5, 5.41) is 9.05. The number of carboxylic acid groups (broad SMARTS) is 1. The third kappa shape index (κ3) is 2.36. The Morgan fingerprint density at radius 3 is 2.50 bits per heavy atom. The molecule has 0 aromatic rings. The highest BCUT2D eigenvalue weighted by Crippen LogP contribution is 2.26. The monoisotopic (exact) mass is 227 g/mol. The molecule has 1 unspecified atom stereocenters. The summed E-state index contributed by atoms with van der Waals surface area (Å²) in [7, 11) is 0. The highest BCUT2D eigenvalue weighted by Gasteiger charge is 2.41. The Morgan fingerprint density at radius 1 is 1.38 bits per heavy atom. The minimum absolute atomic E-state index is 0.222. The third-order valence-corrected chi connectivity index (χ3v) is 3.43. The summed E-state index contributed by atoms with van der Waals surface area (Å²) in [6.45, 7) is 5.72. The highest BCUT2D eigenvalue weighted by atomic mass is 16.4. The van der Waals surface area contributed by atoms with E-state index < -0.39 is 11.4 Å². The number of likely N-dealkylation sites (tertiary alicyclic amines) is 1. The first-order valence-corrected chi connectivity index (χ1v) is 5.95. The van der Waals surface area contributed by atoms with Crippen LogP contribution in [0.15, 0.2) is 0 Å². The highest BCUT2D eigenvalue weighted by molar-refractivity contribution is 6.01. The summed E-state index contributed by atoms with van der Waals surface area (Å²) in [4.78, 5) is 25.0. The van der Waals surface area contributed by atoms with Gasteiger partial charge in [-0.2, -0.15) is 0 Å². The van der Waals surface area contributed by atoms with Gasteiger partial charge >= 0.3 is 5.97 Å². The van der Waals surface area contributed by atoms with Gasteiger partial charge in [0.2, 0.25) is 5.91 Å². The molecule has 4 heteroatoms. The van der Waals surface area contributed by atoms with Crippen LogP contribution in [-0.2, 0) is 9.59 Å². The molecule has 4 nitrogen and oxygen atoms in total. The largest absolute Gasteiger partial charge is 0.480 e. The van der Waals surface area contributed by atoms with Crippen molar-refractivity contribution in [2.24, 2.45) is 5.41 Å². The third-order valence-electron chi connectivity index (χ3n) is 3.43. The van der Waals surface area contributed by atoms with Crippen LogP contribution in [0.2, 0.25) is 0 Å². The maximum atomic E-state index is 12.2. The molecule has 1 heterocycles. The first-order valence-electron chi connectivity index (χ1n) is 5.95. The fraction of sp³-hybridized carbons (Fsp3) is 0.833. The van der Waals surface area contributed by atoms with E-state index in [9.17, 15) is 9.59 Å². The van der Waals surface area contributed by atoms with E-state index in [2.05, 4.69) is 0 Å². The Labute approximate surface area is 96.6 Å². The van der Waals surface area contributed by atoms with Crippen LogP contribution in [0.1, 0.15) is 46.5 Å². The summed E-state index contributed by atoms with van der Waals surface area (Å²) in [5.74, 6) is -1.29. The number of rotatable bonds is 3. The molecule has 1 aliphatic heterocycles. The Bertz CT molecular complexity index is 286. The van der Waals surface area contributed by atoms with Crippen LogP contribution in [0.3, 0.4) is 0 Å². The van der Waals surface area contributed by atoms with Crippen molar-refractivity contribution in [3.8, 4) is 0 Å². The number of carbonyl (C=O) groups is 2. The van der Waals surface area contributed by atoms with Gasteiger partial charge in [0.05, 0.1) is 0 Å². The molecular formula is C12H21NO3. The molecule has 0 bridgehead atoms. The second-order valence-corrected chi connectivity index (χ2v) is 4.99. The van der Waals surface area contributed by atoms with Crippen LogP contribution >= 0.6 is 0 Å². The van der Waals surface area contributed by atoms with E-state index in [0.717, 1.165) is 25.7 Å². The van der Waals surface area contributed by atoms with Gasteiger partial charge in [-0.05, 0) is 39.5 Å². The van der Waals surface area contributed by atoms with Crippen LogP contribution in [0.4, 0.5) is 0 Å². The van der Waals surface area contributed by atoms with Gasteiger partial charge in [-0.15, -0.1) is 0 Å². The summed E-state index contributed by atoms with van der Waals surface area (Å²) < 4.78 is 0. The smallest absolute Gasteiger partial charge is 0.318 e.